The Bertz CT molecular complexity index is 477. The summed E-state index contributed by atoms with van der Waals surface area (Å²) < 4.78 is 12.1. The molecule has 2 aliphatic rings. The fraction of sp³-hybridized carbons (Fsp3) is 0.600. The third-order valence-electron chi connectivity index (χ3n) is 4.80. The molecule has 0 spiro atoms. The third kappa shape index (κ3) is 2.33. The lowest BCUT2D eigenvalue weighted by Gasteiger charge is -2.41. The number of likely N-dealkylation sites (N-methyl/N-ethyl adjacent to an activating group) is 1. The highest BCUT2D eigenvalue weighted by Crippen LogP contribution is 2.45. The number of hydrogen-bond acceptors (Lipinski definition) is 2. The van der Waals surface area contributed by atoms with Gasteiger partial charge in [-0.25, -0.2) is 0 Å². The van der Waals surface area contributed by atoms with Crippen LogP contribution < -0.4 is 33.5 Å². The summed E-state index contributed by atoms with van der Waals surface area (Å²) in [7, 11) is 5.83. The number of rotatable bonds is 2. The van der Waals surface area contributed by atoms with E-state index in [1.807, 2.05) is 0 Å². The number of benzene rings is 1. The molecule has 3 rings (SSSR count). The number of ether oxygens (including phenoxy) is 2. The number of fused-ring (bicyclic) bond motifs is 3. The van der Waals surface area contributed by atoms with E-state index in [1.165, 1.54) is 41.5 Å². The molecule has 3 nitrogen and oxygen atoms in total. The fourth-order valence-corrected chi connectivity index (χ4v) is 3.71. The van der Waals surface area contributed by atoms with Crippen molar-refractivity contribution in [2.24, 2.45) is 0 Å². The van der Waals surface area contributed by atoms with Gasteiger partial charge < -0.3 is 37.9 Å². The van der Waals surface area contributed by atoms with Crippen LogP contribution in [0.5, 0.6) is 11.5 Å². The van der Waals surface area contributed by atoms with Crippen LogP contribution in [-0.4, -0.2) is 38.8 Å². The maximum absolute atomic E-state index is 5.45. The van der Waals surface area contributed by atoms with E-state index in [4.69, 9.17) is 9.47 Å². The Labute approximate surface area is 132 Å². The van der Waals surface area contributed by atoms with Gasteiger partial charge in [0.2, 0.25) is 0 Å². The summed E-state index contributed by atoms with van der Waals surface area (Å²) >= 11 is 0. The van der Waals surface area contributed by atoms with Gasteiger partial charge in [0.1, 0.15) is 6.04 Å². The molecule has 1 aromatic carbocycles. The summed E-state index contributed by atoms with van der Waals surface area (Å²) in [4.78, 5) is 0. The minimum Gasteiger partial charge on any atom is -1.00 e. The highest BCUT2D eigenvalue weighted by molar-refractivity contribution is 5.49. The summed E-state index contributed by atoms with van der Waals surface area (Å²) in [6, 6.07) is 5.05. The van der Waals surface area contributed by atoms with E-state index in [0.717, 1.165) is 17.9 Å². The van der Waals surface area contributed by atoms with Crippen molar-refractivity contribution in [3.8, 4) is 11.5 Å². The molecule has 2 aliphatic heterocycles. The highest BCUT2D eigenvalue weighted by Gasteiger charge is 2.43. The zero-order valence-electron chi connectivity index (χ0n) is 11.9. The number of quaternary nitrogens is 1. The van der Waals surface area contributed by atoms with Crippen LogP contribution in [0.1, 0.15) is 30.0 Å². The van der Waals surface area contributed by atoms with Crippen LogP contribution in [0.15, 0.2) is 12.1 Å². The standard InChI is InChI=1S/C15H22NO2.HI/c1-16-7-4-5-13(16)12-10-15(18-3)14(17-2)9-11(12)6-8-16;/h9-10,13H,4-8H2,1-3H3;1H/q+1;/p-1/t13-,16?;/m1./s1. The predicted octanol–water partition coefficient (Wildman–Crippen LogP) is -0.455. The Morgan fingerprint density at radius 2 is 1.79 bits per heavy atom. The second-order valence-corrected chi connectivity index (χ2v) is 5.74. The molecule has 0 aliphatic carbocycles. The van der Waals surface area contributed by atoms with Gasteiger partial charge >= 0.3 is 0 Å². The molecular weight excluding hydrogens is 353 g/mol. The molecule has 106 valence electrons. The number of halogens is 1. The lowest BCUT2D eigenvalue weighted by molar-refractivity contribution is -0.928. The summed E-state index contributed by atoms with van der Waals surface area (Å²) in [6.45, 7) is 2.58. The van der Waals surface area contributed by atoms with Gasteiger partial charge in [-0.2, -0.15) is 0 Å². The first-order valence-electron chi connectivity index (χ1n) is 6.77. The Morgan fingerprint density at radius 3 is 2.47 bits per heavy atom. The quantitative estimate of drug-likeness (QED) is 0.515. The van der Waals surface area contributed by atoms with Gasteiger partial charge in [-0.1, -0.05) is 0 Å². The third-order valence-corrected chi connectivity index (χ3v) is 4.80. The molecule has 1 aromatic rings. The average molecular weight is 375 g/mol. The second-order valence-electron chi connectivity index (χ2n) is 5.74. The van der Waals surface area contributed by atoms with Crippen LogP contribution in [0.3, 0.4) is 0 Å². The van der Waals surface area contributed by atoms with E-state index in [1.54, 1.807) is 14.2 Å². The molecule has 0 aromatic heterocycles. The van der Waals surface area contributed by atoms with E-state index in [9.17, 15) is 0 Å². The minimum absolute atomic E-state index is 0. The molecule has 2 heterocycles. The minimum atomic E-state index is 0. The lowest BCUT2D eigenvalue weighted by Crippen LogP contribution is -3.00. The van der Waals surface area contributed by atoms with Crippen LogP contribution in [0, 0.1) is 0 Å². The summed E-state index contributed by atoms with van der Waals surface area (Å²) in [5, 5.41) is 0. The zero-order valence-corrected chi connectivity index (χ0v) is 14.1. The molecule has 0 N–H and O–H groups in total. The Hall–Kier alpha value is -0.490. The summed E-state index contributed by atoms with van der Waals surface area (Å²) in [6.07, 6.45) is 3.80. The number of nitrogens with zero attached hydrogens (tertiary/aromatic N) is 1. The van der Waals surface area contributed by atoms with Crippen molar-refractivity contribution in [2.45, 2.75) is 25.3 Å². The highest BCUT2D eigenvalue weighted by atomic mass is 127. The molecule has 2 atom stereocenters. The SMILES string of the molecule is COc1cc2c(cc1OC)[C@H]1CCC[N+]1(C)CC2.[I-]. The second kappa shape index (κ2) is 5.48. The van der Waals surface area contributed by atoms with Crippen molar-refractivity contribution < 1.29 is 37.9 Å². The van der Waals surface area contributed by atoms with E-state index in [-0.39, 0.29) is 24.0 Å². The van der Waals surface area contributed by atoms with Crippen molar-refractivity contribution in [3.63, 3.8) is 0 Å². The topological polar surface area (TPSA) is 18.5 Å². The zero-order chi connectivity index (χ0) is 12.8. The van der Waals surface area contributed by atoms with Gasteiger partial charge in [0.25, 0.3) is 0 Å². The van der Waals surface area contributed by atoms with Crippen LogP contribution in [0.4, 0.5) is 0 Å². The summed E-state index contributed by atoms with van der Waals surface area (Å²) in [5.74, 6) is 1.74. The molecule has 0 amide bonds. The van der Waals surface area contributed by atoms with Crippen molar-refractivity contribution in [3.05, 3.63) is 23.3 Å². The van der Waals surface area contributed by atoms with Crippen LogP contribution in [-0.2, 0) is 6.42 Å². The van der Waals surface area contributed by atoms with Crippen molar-refractivity contribution in [2.75, 3.05) is 34.4 Å². The van der Waals surface area contributed by atoms with Gasteiger partial charge in [-0.05, 0) is 17.7 Å². The van der Waals surface area contributed by atoms with Crippen LogP contribution in [0.2, 0.25) is 0 Å². The molecule has 1 saturated heterocycles. The van der Waals surface area contributed by atoms with E-state index < -0.39 is 0 Å². The normalized spacial score (nSPS) is 28.1. The van der Waals surface area contributed by atoms with E-state index in [2.05, 4.69) is 19.2 Å². The first-order chi connectivity index (χ1) is 8.68. The fourth-order valence-electron chi connectivity index (χ4n) is 3.71. The van der Waals surface area contributed by atoms with Gasteiger partial charge in [-0.3, -0.25) is 0 Å². The van der Waals surface area contributed by atoms with Gasteiger partial charge in [0.15, 0.2) is 11.5 Å². The summed E-state index contributed by atoms with van der Waals surface area (Å²) in [5.41, 5.74) is 2.94. The predicted molar refractivity (Wildman–Crippen MR) is 71.1 cm³/mol. The monoisotopic (exact) mass is 375 g/mol. The van der Waals surface area contributed by atoms with Crippen molar-refractivity contribution in [1.82, 2.24) is 0 Å². The first-order valence-corrected chi connectivity index (χ1v) is 6.77. The lowest BCUT2D eigenvalue weighted by atomic mass is 9.90. The molecule has 0 bridgehead atoms. The smallest absolute Gasteiger partial charge is 0.161 e. The number of methoxy groups -OCH3 is 2. The maximum atomic E-state index is 5.45. The molecular formula is C15H22INO2. The molecule has 1 fully saturated rings. The number of hydrogen-bond donors (Lipinski definition) is 0. The van der Waals surface area contributed by atoms with Crippen LogP contribution >= 0.6 is 0 Å². The maximum Gasteiger partial charge on any atom is 0.161 e. The van der Waals surface area contributed by atoms with E-state index >= 15 is 0 Å². The van der Waals surface area contributed by atoms with Gasteiger partial charge in [-0.15, -0.1) is 0 Å². The average Bonchev–Trinajstić information content (AvgIpc) is 2.79. The Kier molecular flexibility index (Phi) is 4.30. The van der Waals surface area contributed by atoms with Gasteiger partial charge in [0, 0.05) is 24.8 Å². The largest absolute Gasteiger partial charge is 1.00 e. The molecule has 19 heavy (non-hydrogen) atoms. The first kappa shape index (κ1) is 14.9. The van der Waals surface area contributed by atoms with Crippen LogP contribution in [0.25, 0.3) is 0 Å². The molecule has 4 heteroatoms. The van der Waals surface area contributed by atoms with E-state index in [0.29, 0.717) is 6.04 Å². The van der Waals surface area contributed by atoms with Crippen molar-refractivity contribution in [1.29, 1.82) is 0 Å². The Morgan fingerprint density at radius 1 is 1.11 bits per heavy atom. The molecule has 1 unspecified atom stereocenters. The molecule has 0 saturated carbocycles. The Balaban J connectivity index is 0.00000133. The van der Waals surface area contributed by atoms with Gasteiger partial charge in [0.05, 0.1) is 34.4 Å². The van der Waals surface area contributed by atoms with Crippen molar-refractivity contribution >= 4 is 0 Å². The molecule has 0 radical (unpaired) electrons.